The number of nitroso groups, excluding NO2 is 1. The number of rotatable bonds is 11. The van der Waals surface area contributed by atoms with E-state index in [-0.39, 0.29) is 40.0 Å². The first-order valence-corrected chi connectivity index (χ1v) is 28.3. The van der Waals surface area contributed by atoms with Crippen LogP contribution in [0.3, 0.4) is 0 Å². The minimum atomic E-state index is -3.32. The highest BCUT2D eigenvalue weighted by molar-refractivity contribution is 7.91. The third kappa shape index (κ3) is 17.4. The van der Waals surface area contributed by atoms with Crippen molar-refractivity contribution >= 4 is 72.7 Å². The van der Waals surface area contributed by atoms with Gasteiger partial charge in [-0.15, -0.1) is 17.3 Å². The first-order chi connectivity index (χ1) is 32.0. The SMILES string of the molecule is CS(=O)(=O)c1cccc(N=O)c1.CS(=O)(=O)c1cccc(NC(=O)N[C@@H]2CCCC[C@H]2N2CCC(Cc3ccc(Cl)cc3)CC2)c1.Cl.N[C@@H]1CCCC[C@H]1N1CCC(Cc2ccc(Cl)cc2)CC1. The smallest absolute Gasteiger partial charge is 0.319 e. The van der Waals surface area contributed by atoms with Crippen LogP contribution >= 0.6 is 35.6 Å². The summed E-state index contributed by atoms with van der Waals surface area (Å²) in [5.74, 6) is 1.50. The lowest BCUT2D eigenvalue weighted by molar-refractivity contribution is 0.0859. The summed E-state index contributed by atoms with van der Waals surface area (Å²) in [5.41, 5.74) is 9.70. The predicted molar refractivity (Wildman–Crippen MR) is 279 cm³/mol. The maximum absolute atomic E-state index is 12.7. The molecule has 4 aromatic carbocycles. The molecule has 2 aliphatic heterocycles. The number of benzene rings is 4. The standard InChI is InChI=1S/C26H34ClN3O3S.C18H27ClN2.C7H7NO3S.ClH/c1-34(32,33)23-6-4-5-22(18-23)28-26(31)29-24-7-2-3-8-25(24)30-15-13-20(14-16-30)17-19-9-11-21(27)12-10-19;19-16-7-5-14(6-8-16)13-15-9-11-21(12-10-15)18-4-2-1-3-17(18)20;1-12(10,11)7-4-2-3-6(5-7)8-9;/h4-6,9-12,18,20,24-25H,2-3,7-8,13-17H2,1H3,(H2,28,29,31);5-8,15,17-18H,1-4,9-13,20H2;2-5H,1H3;1H/t24-,25-;17-,18-;;/m11../s1. The monoisotopic (exact) mass is 1030 g/mol. The third-order valence-corrected chi connectivity index (χ3v) is 16.5. The van der Waals surface area contributed by atoms with Crippen LogP contribution in [0.1, 0.15) is 88.2 Å². The molecular formula is C51H69Cl3N6O6S2. The van der Waals surface area contributed by atoms with Crippen LogP contribution in [0.15, 0.2) is 112 Å². The third-order valence-electron chi connectivity index (χ3n) is 13.8. The molecule has 2 amide bonds. The van der Waals surface area contributed by atoms with E-state index in [9.17, 15) is 26.5 Å². The number of carbonyl (C=O) groups is 1. The molecule has 4 aliphatic rings. The van der Waals surface area contributed by atoms with Gasteiger partial charge in [0.1, 0.15) is 5.69 Å². The van der Waals surface area contributed by atoms with Crippen molar-refractivity contribution in [2.75, 3.05) is 44.0 Å². The van der Waals surface area contributed by atoms with Crippen LogP contribution in [0.2, 0.25) is 10.0 Å². The van der Waals surface area contributed by atoms with E-state index in [2.05, 4.69) is 49.9 Å². The van der Waals surface area contributed by atoms with Crippen LogP contribution in [0.25, 0.3) is 0 Å². The molecule has 2 saturated heterocycles. The minimum absolute atomic E-state index is 0. The molecule has 12 nitrogen and oxygen atoms in total. The number of nitrogens with two attached hydrogens (primary N) is 1. The molecule has 4 N–H and O–H groups in total. The Kier molecular flexibility index (Phi) is 21.6. The van der Waals surface area contributed by atoms with Gasteiger partial charge in [-0.05, 0) is 179 Å². The van der Waals surface area contributed by atoms with Crippen molar-refractivity contribution in [3.05, 3.63) is 123 Å². The molecular weight excluding hydrogens is 963 g/mol. The average Bonchev–Trinajstić information content (AvgIpc) is 3.31. The number of anilines is 1. The number of halogens is 3. The normalized spacial score (nSPS) is 22.0. The second-order valence-corrected chi connectivity index (χ2v) is 23.8. The van der Waals surface area contributed by atoms with Crippen LogP contribution in [0.4, 0.5) is 16.2 Å². The lowest BCUT2D eigenvalue weighted by atomic mass is 9.85. The fourth-order valence-electron chi connectivity index (χ4n) is 10.1. The Morgan fingerprint density at radius 1 is 0.632 bits per heavy atom. The Hall–Kier alpha value is -3.60. The number of urea groups is 1. The quantitative estimate of drug-likeness (QED) is 0.124. The molecule has 68 heavy (non-hydrogen) atoms. The molecule has 8 rings (SSSR count). The molecule has 0 unspecified atom stereocenters. The number of hydrogen-bond donors (Lipinski definition) is 3. The molecule has 0 aromatic heterocycles. The Morgan fingerprint density at radius 2 is 1.09 bits per heavy atom. The van der Waals surface area contributed by atoms with Crippen molar-refractivity contribution in [1.29, 1.82) is 0 Å². The lowest BCUT2D eigenvalue weighted by Crippen LogP contribution is -2.55. The van der Waals surface area contributed by atoms with Crippen molar-refractivity contribution in [1.82, 2.24) is 15.1 Å². The van der Waals surface area contributed by atoms with Crippen LogP contribution in [-0.2, 0) is 32.5 Å². The van der Waals surface area contributed by atoms with Gasteiger partial charge in [-0.3, -0.25) is 9.80 Å². The van der Waals surface area contributed by atoms with Crippen LogP contribution in [0, 0.1) is 16.7 Å². The molecule has 2 aliphatic carbocycles. The molecule has 4 aromatic rings. The van der Waals surface area contributed by atoms with Gasteiger partial charge in [-0.1, -0.05) is 85.3 Å². The summed E-state index contributed by atoms with van der Waals surface area (Å²) >= 11 is 12.0. The zero-order valence-corrected chi connectivity index (χ0v) is 43.2. The Labute approximate surface area is 420 Å². The number of nitrogens with zero attached hydrogens (tertiary/aromatic N) is 3. The van der Waals surface area contributed by atoms with E-state index in [4.69, 9.17) is 28.9 Å². The number of nitrogens with one attached hydrogen (secondary N) is 2. The summed E-state index contributed by atoms with van der Waals surface area (Å²) in [6, 6.07) is 29.7. The van der Waals surface area contributed by atoms with Gasteiger partial charge in [-0.25, -0.2) is 21.6 Å². The summed E-state index contributed by atoms with van der Waals surface area (Å²) in [6.07, 6.45) is 19.0. The molecule has 4 atom stereocenters. The lowest BCUT2D eigenvalue weighted by Gasteiger charge is -2.43. The molecule has 2 heterocycles. The van der Waals surface area contributed by atoms with Gasteiger partial charge in [-0.2, -0.15) is 0 Å². The van der Waals surface area contributed by atoms with E-state index in [0.29, 0.717) is 29.7 Å². The van der Waals surface area contributed by atoms with E-state index in [0.717, 1.165) is 80.1 Å². The molecule has 372 valence electrons. The molecule has 0 radical (unpaired) electrons. The average molecular weight is 1030 g/mol. The first kappa shape index (κ1) is 55.3. The van der Waals surface area contributed by atoms with Crippen molar-refractivity contribution in [3.8, 4) is 0 Å². The Bertz CT molecular complexity index is 2430. The van der Waals surface area contributed by atoms with Gasteiger partial charge < -0.3 is 16.4 Å². The number of piperidine rings is 2. The van der Waals surface area contributed by atoms with Crippen LogP contribution < -0.4 is 16.4 Å². The van der Waals surface area contributed by atoms with E-state index in [1.54, 1.807) is 12.1 Å². The zero-order valence-electron chi connectivity index (χ0n) is 39.3. The van der Waals surface area contributed by atoms with E-state index >= 15 is 0 Å². The zero-order chi connectivity index (χ0) is 48.0. The van der Waals surface area contributed by atoms with Crippen molar-refractivity contribution in [2.45, 2.75) is 124 Å². The molecule has 4 fully saturated rings. The van der Waals surface area contributed by atoms with Crippen molar-refractivity contribution in [2.24, 2.45) is 22.7 Å². The highest BCUT2D eigenvalue weighted by Gasteiger charge is 2.34. The van der Waals surface area contributed by atoms with Crippen LogP contribution in [-0.4, -0.2) is 95.5 Å². The van der Waals surface area contributed by atoms with Crippen molar-refractivity contribution in [3.63, 3.8) is 0 Å². The van der Waals surface area contributed by atoms with E-state index < -0.39 is 19.7 Å². The van der Waals surface area contributed by atoms with Gasteiger partial charge >= 0.3 is 6.03 Å². The number of likely N-dealkylation sites (tertiary alicyclic amines) is 2. The second kappa shape index (κ2) is 26.6. The van der Waals surface area contributed by atoms with Gasteiger partial charge in [0.15, 0.2) is 19.7 Å². The summed E-state index contributed by atoms with van der Waals surface area (Å²) in [6.45, 7) is 4.57. The maximum Gasteiger partial charge on any atom is 0.319 e. The molecule has 0 bridgehead atoms. The summed E-state index contributed by atoms with van der Waals surface area (Å²) in [4.78, 5) is 28.3. The van der Waals surface area contributed by atoms with Gasteiger partial charge in [0.05, 0.1) is 9.79 Å². The van der Waals surface area contributed by atoms with Gasteiger partial charge in [0.25, 0.3) is 0 Å². The molecule has 17 heteroatoms. The van der Waals surface area contributed by atoms with E-state index in [1.807, 2.05) is 24.3 Å². The number of hydrogen-bond acceptors (Lipinski definition) is 10. The first-order valence-electron chi connectivity index (χ1n) is 23.8. The van der Waals surface area contributed by atoms with Gasteiger partial charge in [0, 0.05) is 52.4 Å². The Balaban J connectivity index is 0.000000215. The summed E-state index contributed by atoms with van der Waals surface area (Å²) < 4.78 is 45.5. The van der Waals surface area contributed by atoms with Gasteiger partial charge in [0.2, 0.25) is 0 Å². The number of carbonyl (C=O) groups excluding carboxylic acids is 1. The summed E-state index contributed by atoms with van der Waals surface area (Å²) in [7, 11) is -6.56. The fraction of sp³-hybridized carbons (Fsp3) is 0.510. The maximum atomic E-state index is 12.7. The highest BCUT2D eigenvalue weighted by atomic mass is 35.5. The van der Waals surface area contributed by atoms with Crippen LogP contribution in [0.5, 0.6) is 0 Å². The second-order valence-electron chi connectivity index (χ2n) is 18.9. The number of sulfone groups is 2. The minimum Gasteiger partial charge on any atom is -0.334 e. The molecule has 0 spiro atoms. The topological polar surface area (TPSA) is 171 Å². The van der Waals surface area contributed by atoms with Crippen molar-refractivity contribution < 1.29 is 21.6 Å². The molecule has 2 saturated carbocycles. The largest absolute Gasteiger partial charge is 0.334 e. The number of amides is 2. The summed E-state index contributed by atoms with van der Waals surface area (Å²) in [5, 5.41) is 10.2. The van der Waals surface area contributed by atoms with E-state index in [1.165, 1.54) is 112 Å². The predicted octanol–water partition coefficient (Wildman–Crippen LogP) is 10.9. The Morgan fingerprint density at radius 3 is 1.59 bits per heavy atom. The fourth-order valence-corrected chi connectivity index (χ4v) is 11.7. The highest BCUT2D eigenvalue weighted by Crippen LogP contribution is 2.31.